The van der Waals surface area contributed by atoms with Crippen LogP contribution in [-0.4, -0.2) is 34.9 Å². The van der Waals surface area contributed by atoms with E-state index < -0.39 is 0 Å². The van der Waals surface area contributed by atoms with Crippen molar-refractivity contribution in [3.05, 3.63) is 380 Å². The van der Waals surface area contributed by atoms with Crippen LogP contribution in [0.5, 0.6) is 0 Å². The van der Waals surface area contributed by atoms with Gasteiger partial charge in [0.15, 0.2) is 0 Å². The van der Waals surface area contributed by atoms with Crippen LogP contribution in [0.3, 0.4) is 0 Å². The summed E-state index contributed by atoms with van der Waals surface area (Å²) in [6.07, 6.45) is 11.7. The van der Waals surface area contributed by atoms with Gasteiger partial charge in [0.1, 0.15) is 0 Å². The van der Waals surface area contributed by atoms with Gasteiger partial charge in [0.25, 0.3) is 0 Å². The molecule has 0 saturated carbocycles. The van der Waals surface area contributed by atoms with Gasteiger partial charge in [0.2, 0.25) is 0 Å². The Kier molecular flexibility index (Phi) is 19.7. The third-order valence-electron chi connectivity index (χ3n) is 19.5. The SMILES string of the molecule is Cc1ccc2c(c1)ncc1ccccc12.Cc1ccc2c(cnc3ccccc32)c1.Cc1ccc2cnc3ccccc3c2c1.Cc1ccc2ncc3ccccc3c2c1.Cc1cccc2c1cnc1ccccc12.Cc1cccc2c1ncc1ccccc12.Cc1nc2ccccc2c2ccccc12. The van der Waals surface area contributed by atoms with Crippen molar-refractivity contribution in [3.8, 4) is 0 Å². The molecule has 0 aliphatic rings. The molecule has 105 heavy (non-hydrogen) atoms. The highest BCUT2D eigenvalue weighted by Crippen LogP contribution is 2.32. The minimum absolute atomic E-state index is 1.06. The molecule has 0 radical (unpaired) electrons. The smallest absolute Gasteiger partial charge is 0.0737 e. The molecule has 0 spiro atoms. The van der Waals surface area contributed by atoms with Crippen molar-refractivity contribution in [2.45, 2.75) is 48.5 Å². The zero-order valence-electron chi connectivity index (χ0n) is 60.0. The van der Waals surface area contributed by atoms with Crippen molar-refractivity contribution in [1.29, 1.82) is 0 Å². The fraction of sp³-hybridized carbons (Fsp3) is 0.0714. The zero-order chi connectivity index (χ0) is 71.8. The standard InChI is InChI=1S/7C14H11N/c1-10-5-4-7-11-12-6-2-3-8-14(12)15-9-13(10)11;1-10-5-4-8-13-12-7-3-2-6-11(12)9-15-14(10)13;1-10-11-6-2-3-7-12(11)13-8-4-5-9-14(13)15-10;1-10-6-7-12-11(8-10)9-15-14-5-3-2-4-13(12)14;1-10-6-7-11-9-15-14-5-3-2-4-12(14)13(11)8-10;1-10-6-7-14-13(8-10)12-5-3-2-4-11(12)9-15-14;1-10-6-7-13-12-5-3-2-4-11(12)9-15-14(13)8-10/h7*2-9H,1H3. The maximum absolute atomic E-state index is 4.60. The number of rotatable bonds is 0. The van der Waals surface area contributed by atoms with Crippen LogP contribution in [0.4, 0.5) is 0 Å². The number of para-hydroxylation sites is 5. The maximum Gasteiger partial charge on any atom is 0.0737 e. The van der Waals surface area contributed by atoms with Crippen LogP contribution in [0, 0.1) is 48.5 Å². The first-order valence-electron chi connectivity index (χ1n) is 35.6. The molecule has 7 aromatic heterocycles. The van der Waals surface area contributed by atoms with E-state index in [0.717, 1.165) is 44.3 Å². The van der Waals surface area contributed by atoms with Gasteiger partial charge >= 0.3 is 0 Å². The molecular weight excluding hydrogens is 1280 g/mol. The van der Waals surface area contributed by atoms with E-state index >= 15 is 0 Å². The second-order valence-corrected chi connectivity index (χ2v) is 26.9. The number of pyridine rings is 7. The van der Waals surface area contributed by atoms with E-state index in [-0.39, 0.29) is 0 Å². The molecule has 0 amide bonds. The van der Waals surface area contributed by atoms with Gasteiger partial charge in [-0.25, -0.2) is 0 Å². The lowest BCUT2D eigenvalue weighted by Gasteiger charge is -2.05. The molecule has 14 aromatic carbocycles. The van der Waals surface area contributed by atoms with E-state index in [9.17, 15) is 0 Å². The number of hydrogen-bond acceptors (Lipinski definition) is 7. The van der Waals surface area contributed by atoms with Crippen molar-refractivity contribution in [1.82, 2.24) is 34.9 Å². The van der Waals surface area contributed by atoms with Crippen LogP contribution in [0.15, 0.2) is 340 Å². The summed E-state index contributed by atoms with van der Waals surface area (Å²) in [7, 11) is 0. The first kappa shape index (κ1) is 67.6. The molecular formula is C98H77N7. The minimum atomic E-state index is 1.06. The van der Waals surface area contributed by atoms with Gasteiger partial charge in [-0.3, -0.25) is 34.9 Å². The molecule has 7 heterocycles. The number of nitrogens with zero attached hydrogens (tertiary/aromatic N) is 7. The summed E-state index contributed by atoms with van der Waals surface area (Å²) in [6, 6.07) is 105. The van der Waals surface area contributed by atoms with Gasteiger partial charge in [-0.05, 0) is 151 Å². The number of hydrogen-bond donors (Lipinski definition) is 0. The topological polar surface area (TPSA) is 90.2 Å². The van der Waals surface area contributed by atoms with E-state index in [2.05, 4.69) is 344 Å². The monoisotopic (exact) mass is 1350 g/mol. The van der Waals surface area contributed by atoms with Crippen LogP contribution in [-0.2, 0) is 0 Å². The largest absolute Gasteiger partial charge is 0.256 e. The number of aromatic nitrogens is 7. The number of aryl methyl sites for hydroxylation is 7. The Morgan fingerprint density at radius 3 is 1.13 bits per heavy atom. The van der Waals surface area contributed by atoms with Gasteiger partial charge in [0, 0.05) is 118 Å². The van der Waals surface area contributed by atoms with Crippen LogP contribution in [0.1, 0.15) is 39.1 Å². The molecule has 0 saturated heterocycles. The molecule has 0 atom stereocenters. The molecule has 0 aliphatic carbocycles. The Balaban J connectivity index is 0.0000000983. The fourth-order valence-electron chi connectivity index (χ4n) is 14.0. The summed E-state index contributed by atoms with van der Waals surface area (Å²) < 4.78 is 0. The highest BCUT2D eigenvalue weighted by Gasteiger charge is 2.09. The average molecular weight is 1350 g/mol. The van der Waals surface area contributed by atoms with E-state index in [1.54, 1.807) is 0 Å². The molecule has 0 aliphatic heterocycles. The molecule has 0 unspecified atom stereocenters. The summed E-state index contributed by atoms with van der Waals surface area (Å²) in [6.45, 7) is 14.7. The van der Waals surface area contributed by atoms with Crippen LogP contribution >= 0.6 is 0 Å². The molecule has 0 bridgehead atoms. The second-order valence-electron chi connectivity index (χ2n) is 26.9. The number of benzene rings is 14. The summed E-state index contributed by atoms with van der Waals surface area (Å²) in [5.74, 6) is 0. The van der Waals surface area contributed by atoms with E-state index in [0.29, 0.717) is 0 Å². The third-order valence-corrected chi connectivity index (χ3v) is 19.5. The Hall–Kier alpha value is -13.2. The predicted octanol–water partition coefficient (Wildman–Crippen LogP) is 25.9. The summed E-state index contributed by atoms with van der Waals surface area (Å²) in [4.78, 5) is 31.4. The van der Waals surface area contributed by atoms with Crippen LogP contribution < -0.4 is 0 Å². The highest BCUT2D eigenvalue weighted by atomic mass is 14.7. The van der Waals surface area contributed by atoms with Gasteiger partial charge < -0.3 is 0 Å². The molecule has 21 aromatic rings. The van der Waals surface area contributed by atoms with Gasteiger partial charge in [-0.2, -0.15) is 0 Å². The van der Waals surface area contributed by atoms with Gasteiger partial charge in [-0.15, -0.1) is 0 Å². The van der Waals surface area contributed by atoms with Crippen molar-refractivity contribution < 1.29 is 0 Å². The Bertz CT molecular complexity index is 6310. The fourth-order valence-corrected chi connectivity index (χ4v) is 14.0. The van der Waals surface area contributed by atoms with Crippen molar-refractivity contribution in [2.24, 2.45) is 0 Å². The summed E-state index contributed by atoms with van der Waals surface area (Å²) in [5.41, 5.74) is 16.2. The zero-order valence-corrected chi connectivity index (χ0v) is 60.0. The van der Waals surface area contributed by atoms with Gasteiger partial charge in [0.05, 0.1) is 38.6 Å². The average Bonchev–Trinajstić information content (AvgIpc) is 0.822. The van der Waals surface area contributed by atoms with Crippen molar-refractivity contribution in [3.63, 3.8) is 0 Å². The van der Waals surface area contributed by atoms with E-state index in [1.165, 1.54) is 146 Å². The normalized spacial score (nSPS) is 11.0. The second kappa shape index (κ2) is 30.5. The molecule has 7 heteroatoms. The molecule has 7 nitrogen and oxygen atoms in total. The lowest BCUT2D eigenvalue weighted by Crippen LogP contribution is -1.86. The molecule has 504 valence electrons. The molecule has 0 N–H and O–H groups in total. The Morgan fingerprint density at radius 1 is 0.171 bits per heavy atom. The minimum Gasteiger partial charge on any atom is -0.256 e. The first-order valence-corrected chi connectivity index (χ1v) is 35.6. The summed E-state index contributed by atoms with van der Waals surface area (Å²) in [5, 5.41) is 26.2. The lowest BCUT2D eigenvalue weighted by atomic mass is 10.0. The van der Waals surface area contributed by atoms with Crippen molar-refractivity contribution >= 4 is 152 Å². The Labute approximate surface area is 610 Å². The van der Waals surface area contributed by atoms with Crippen molar-refractivity contribution in [2.75, 3.05) is 0 Å². The quantitative estimate of drug-likeness (QED) is 0.140. The predicted molar refractivity (Wildman–Crippen MR) is 448 cm³/mol. The lowest BCUT2D eigenvalue weighted by molar-refractivity contribution is 1.29. The third kappa shape index (κ3) is 14.7. The van der Waals surface area contributed by atoms with Crippen LogP contribution in [0.2, 0.25) is 0 Å². The maximum atomic E-state index is 4.60. The van der Waals surface area contributed by atoms with E-state index in [4.69, 9.17) is 0 Å². The highest BCUT2D eigenvalue weighted by molar-refractivity contribution is 6.11. The number of fused-ring (bicyclic) bond motifs is 21. The van der Waals surface area contributed by atoms with E-state index in [1.807, 2.05) is 79.6 Å². The first-order chi connectivity index (χ1) is 51.5. The molecule has 0 fully saturated rings. The summed E-state index contributed by atoms with van der Waals surface area (Å²) >= 11 is 0. The van der Waals surface area contributed by atoms with Crippen LogP contribution in [0.25, 0.3) is 152 Å². The Morgan fingerprint density at radius 2 is 0.514 bits per heavy atom. The molecule has 21 rings (SSSR count). The van der Waals surface area contributed by atoms with Gasteiger partial charge in [-0.1, -0.05) is 271 Å².